The van der Waals surface area contributed by atoms with Crippen LogP contribution in [0, 0.1) is 46.3 Å². The van der Waals surface area contributed by atoms with Crippen molar-refractivity contribution < 1.29 is 23.9 Å². The predicted molar refractivity (Wildman–Crippen MR) is 168 cm³/mol. The van der Waals surface area contributed by atoms with Crippen molar-refractivity contribution in [2.24, 2.45) is 46.3 Å². The van der Waals surface area contributed by atoms with Crippen LogP contribution in [0.4, 0.5) is 0 Å². The Labute approximate surface area is 256 Å². The van der Waals surface area contributed by atoms with Crippen molar-refractivity contribution in [3.8, 4) is 0 Å². The molecule has 0 spiro atoms. The minimum absolute atomic E-state index is 0.0635. The number of allylic oxidation sites excluding steroid dienone is 1. The van der Waals surface area contributed by atoms with Crippen LogP contribution in [0.1, 0.15) is 144 Å². The Balaban J connectivity index is 1.29. The Hall–Kier alpha value is -1.65. The number of esters is 2. The van der Waals surface area contributed by atoms with Gasteiger partial charge >= 0.3 is 11.9 Å². The Morgan fingerprint density at radius 1 is 0.857 bits per heavy atom. The van der Waals surface area contributed by atoms with E-state index in [4.69, 9.17) is 4.74 Å². The molecular weight excluding hydrogens is 524 g/mol. The van der Waals surface area contributed by atoms with Gasteiger partial charge in [-0.1, -0.05) is 78.7 Å². The van der Waals surface area contributed by atoms with Crippen molar-refractivity contribution >= 4 is 17.7 Å². The number of ether oxygens (including phenoxy) is 2. The second kappa shape index (κ2) is 14.4. The molecule has 4 aliphatic carbocycles. The number of hydrogen-bond acceptors (Lipinski definition) is 5. The van der Waals surface area contributed by atoms with E-state index in [1.54, 1.807) is 0 Å². The molecule has 0 radical (unpaired) electrons. The lowest BCUT2D eigenvalue weighted by Crippen LogP contribution is -2.53. The van der Waals surface area contributed by atoms with Crippen LogP contribution in [0.2, 0.25) is 0 Å². The zero-order chi connectivity index (χ0) is 30.5. The molecule has 5 nitrogen and oxygen atoms in total. The summed E-state index contributed by atoms with van der Waals surface area (Å²) in [5.74, 6) is 3.52. The largest absolute Gasteiger partial charge is 0.469 e. The summed E-state index contributed by atoms with van der Waals surface area (Å²) in [5.41, 5.74) is 1.61. The van der Waals surface area contributed by atoms with Crippen molar-refractivity contribution in [2.45, 2.75) is 150 Å². The third-order valence-corrected chi connectivity index (χ3v) is 12.4. The number of unbranched alkanes of at least 4 members (excludes halogenated alkanes) is 4. The van der Waals surface area contributed by atoms with Crippen LogP contribution in [0.3, 0.4) is 0 Å². The van der Waals surface area contributed by atoms with E-state index in [2.05, 4.69) is 39.4 Å². The Bertz CT molecular complexity index is 983. The first kappa shape index (κ1) is 33.2. The maximum atomic E-state index is 13.9. The van der Waals surface area contributed by atoms with Crippen molar-refractivity contribution in [1.29, 1.82) is 0 Å². The van der Waals surface area contributed by atoms with Gasteiger partial charge in [0.05, 0.1) is 7.11 Å². The molecule has 42 heavy (non-hydrogen) atoms. The summed E-state index contributed by atoms with van der Waals surface area (Å²) < 4.78 is 10.6. The minimum Gasteiger partial charge on any atom is -0.469 e. The van der Waals surface area contributed by atoms with E-state index in [-0.39, 0.29) is 29.4 Å². The summed E-state index contributed by atoms with van der Waals surface area (Å²) in [4.78, 5) is 37.7. The second-order valence-corrected chi connectivity index (χ2v) is 15.5. The summed E-state index contributed by atoms with van der Waals surface area (Å²) in [5, 5.41) is 0. The highest BCUT2D eigenvalue weighted by Gasteiger charge is 2.61. The molecule has 3 saturated carbocycles. The highest BCUT2D eigenvalue weighted by Crippen LogP contribution is 2.66. The molecule has 0 unspecified atom stereocenters. The van der Waals surface area contributed by atoms with Gasteiger partial charge in [-0.15, -0.1) is 0 Å². The van der Waals surface area contributed by atoms with Gasteiger partial charge in [-0.2, -0.15) is 0 Å². The quantitative estimate of drug-likeness (QED) is 0.150. The first-order valence-electron chi connectivity index (χ1n) is 17.5. The standard InChI is InChI=1S/C37H60O5/c1-25(2)13-12-14-26(3)29-17-18-30-35-31(20-22-37(29,30)5)36(4)21-19-28(23-27(36)24-32(35)38)42-34(40)16-11-9-7-8-10-15-33(39)41-6/h24-26,28-31,35H,7-23H2,1-6H3/t26-,28+,29-,30+,31+,35+,36+,37-/m1/s1. The summed E-state index contributed by atoms with van der Waals surface area (Å²) in [6.45, 7) is 12.1. The van der Waals surface area contributed by atoms with Gasteiger partial charge in [0.1, 0.15) is 6.10 Å². The van der Waals surface area contributed by atoms with Gasteiger partial charge in [-0.25, -0.2) is 0 Å². The second-order valence-electron chi connectivity index (χ2n) is 15.5. The zero-order valence-corrected chi connectivity index (χ0v) is 27.7. The molecule has 5 heteroatoms. The molecule has 3 fully saturated rings. The number of carbonyl (C=O) groups excluding carboxylic acids is 3. The van der Waals surface area contributed by atoms with E-state index in [9.17, 15) is 14.4 Å². The van der Waals surface area contributed by atoms with Crippen LogP contribution in [0.15, 0.2) is 11.6 Å². The maximum absolute atomic E-state index is 13.9. The molecule has 4 aliphatic rings. The third-order valence-electron chi connectivity index (χ3n) is 12.4. The van der Waals surface area contributed by atoms with E-state index in [1.807, 2.05) is 6.08 Å². The molecule has 0 amide bonds. The number of rotatable bonds is 14. The molecule has 0 aliphatic heterocycles. The van der Waals surface area contributed by atoms with Crippen LogP contribution < -0.4 is 0 Å². The van der Waals surface area contributed by atoms with Gasteiger partial charge in [0.2, 0.25) is 0 Å². The topological polar surface area (TPSA) is 69.7 Å². The summed E-state index contributed by atoms with van der Waals surface area (Å²) in [7, 11) is 1.42. The number of carbonyl (C=O) groups is 3. The number of ketones is 1. The molecule has 0 aromatic rings. The highest BCUT2D eigenvalue weighted by atomic mass is 16.5. The molecule has 0 aromatic carbocycles. The third kappa shape index (κ3) is 7.34. The molecule has 4 rings (SSSR count). The summed E-state index contributed by atoms with van der Waals surface area (Å²) >= 11 is 0. The molecule has 0 N–H and O–H groups in total. The lowest BCUT2D eigenvalue weighted by Gasteiger charge is -2.57. The average molecular weight is 585 g/mol. The fourth-order valence-corrected chi connectivity index (χ4v) is 9.91. The smallest absolute Gasteiger partial charge is 0.306 e. The van der Waals surface area contributed by atoms with Gasteiger partial charge in [0.15, 0.2) is 5.78 Å². The van der Waals surface area contributed by atoms with Crippen molar-refractivity contribution in [3.63, 3.8) is 0 Å². The summed E-state index contributed by atoms with van der Waals surface area (Å²) in [6, 6.07) is 0. The van der Waals surface area contributed by atoms with Gasteiger partial charge in [0, 0.05) is 25.2 Å². The van der Waals surface area contributed by atoms with Gasteiger partial charge in [0.25, 0.3) is 0 Å². The first-order chi connectivity index (χ1) is 20.0. The van der Waals surface area contributed by atoms with Crippen molar-refractivity contribution in [1.82, 2.24) is 0 Å². The Kier molecular flexibility index (Phi) is 11.4. The van der Waals surface area contributed by atoms with Gasteiger partial charge in [-0.05, 0) is 97.9 Å². The van der Waals surface area contributed by atoms with E-state index >= 15 is 0 Å². The molecule has 8 atom stereocenters. The highest BCUT2D eigenvalue weighted by molar-refractivity contribution is 5.94. The van der Waals surface area contributed by atoms with Crippen LogP contribution in [-0.2, 0) is 23.9 Å². The van der Waals surface area contributed by atoms with Crippen LogP contribution in [0.5, 0.6) is 0 Å². The monoisotopic (exact) mass is 584 g/mol. The van der Waals surface area contributed by atoms with Gasteiger partial charge in [-0.3, -0.25) is 14.4 Å². The van der Waals surface area contributed by atoms with Crippen LogP contribution >= 0.6 is 0 Å². The van der Waals surface area contributed by atoms with Crippen molar-refractivity contribution in [3.05, 3.63) is 11.6 Å². The molecule has 0 bridgehead atoms. The number of fused-ring (bicyclic) bond motifs is 5. The van der Waals surface area contributed by atoms with Crippen molar-refractivity contribution in [2.75, 3.05) is 7.11 Å². The van der Waals surface area contributed by atoms with E-state index in [1.165, 1.54) is 51.2 Å². The lowest BCUT2D eigenvalue weighted by molar-refractivity contribution is -0.152. The number of methoxy groups -OCH3 is 1. The SMILES string of the molecule is COC(=O)CCCCCCCC(=O)O[C@H]1CC[C@@]2(C)C(=CC(=O)[C@H]3[C@@H]4CC[C@H]([C@H](C)CCCC(C)C)[C@@]4(C)CC[C@@H]32)C1. The average Bonchev–Trinajstić information content (AvgIpc) is 3.30. The molecule has 0 aromatic heterocycles. The Morgan fingerprint density at radius 2 is 1.55 bits per heavy atom. The first-order valence-corrected chi connectivity index (χ1v) is 17.5. The lowest BCUT2D eigenvalue weighted by atomic mass is 9.46. The van der Waals surface area contributed by atoms with E-state index < -0.39 is 0 Å². The predicted octanol–water partition coefficient (Wildman–Crippen LogP) is 9.02. The fourth-order valence-electron chi connectivity index (χ4n) is 9.91. The van der Waals surface area contributed by atoms with E-state index in [0.29, 0.717) is 35.9 Å². The molecule has 0 heterocycles. The zero-order valence-electron chi connectivity index (χ0n) is 27.7. The van der Waals surface area contributed by atoms with Gasteiger partial charge < -0.3 is 9.47 Å². The Morgan fingerprint density at radius 3 is 2.24 bits per heavy atom. The number of hydrogen-bond donors (Lipinski definition) is 0. The maximum Gasteiger partial charge on any atom is 0.306 e. The molecular formula is C37H60O5. The van der Waals surface area contributed by atoms with E-state index in [0.717, 1.165) is 75.5 Å². The normalized spacial score (nSPS) is 34.7. The summed E-state index contributed by atoms with van der Waals surface area (Å²) in [6.07, 6.45) is 19.0. The minimum atomic E-state index is -0.154. The van der Waals surface area contributed by atoms with Crippen LogP contribution in [0.25, 0.3) is 0 Å². The van der Waals surface area contributed by atoms with Crippen LogP contribution in [-0.4, -0.2) is 30.9 Å². The molecule has 238 valence electrons. The fraction of sp³-hybridized carbons (Fsp3) is 0.865. The molecule has 0 saturated heterocycles.